The minimum Gasteiger partial charge on any atom is -0.253 e. The van der Waals surface area contributed by atoms with Gasteiger partial charge in [0.1, 0.15) is 0 Å². The van der Waals surface area contributed by atoms with Crippen molar-refractivity contribution in [1.82, 2.24) is 5.32 Å². The summed E-state index contributed by atoms with van der Waals surface area (Å²) in [5, 5.41) is 4.69. The Kier molecular flexibility index (Phi) is 3.66. The second kappa shape index (κ2) is 5.20. The maximum atomic E-state index is 4.69. The van der Waals surface area contributed by atoms with Crippen LogP contribution in [0.4, 0.5) is 5.69 Å². The number of hydrogen-bond donors (Lipinski definition) is 0. The lowest BCUT2D eigenvalue weighted by Gasteiger charge is -2.11. The van der Waals surface area contributed by atoms with E-state index in [2.05, 4.69) is 44.2 Å². The zero-order valence-electron chi connectivity index (χ0n) is 10.2. The van der Waals surface area contributed by atoms with Crippen LogP contribution in [0.25, 0.3) is 6.08 Å². The first kappa shape index (κ1) is 11.3. The van der Waals surface area contributed by atoms with E-state index in [1.807, 2.05) is 0 Å². The SMILES string of the molecule is CCCCCC(C)C1=Cc2ccccc2[N]1. The first-order chi connectivity index (χ1) is 7.81. The molecule has 0 bridgehead atoms. The molecule has 1 radical (unpaired) electrons. The molecule has 2 rings (SSSR count). The van der Waals surface area contributed by atoms with Gasteiger partial charge in [-0.25, -0.2) is 0 Å². The molecule has 0 aromatic heterocycles. The van der Waals surface area contributed by atoms with Gasteiger partial charge in [-0.1, -0.05) is 51.3 Å². The Bertz CT molecular complexity index is 379. The van der Waals surface area contributed by atoms with Gasteiger partial charge in [0.25, 0.3) is 0 Å². The van der Waals surface area contributed by atoms with Gasteiger partial charge >= 0.3 is 0 Å². The van der Waals surface area contributed by atoms with E-state index in [0.717, 1.165) is 5.69 Å². The lowest BCUT2D eigenvalue weighted by atomic mass is 10.00. The number of para-hydroxylation sites is 1. The molecule has 0 saturated heterocycles. The van der Waals surface area contributed by atoms with E-state index in [1.54, 1.807) is 0 Å². The van der Waals surface area contributed by atoms with Crippen LogP contribution in [0, 0.1) is 5.92 Å². The Labute approximate surface area is 98.6 Å². The summed E-state index contributed by atoms with van der Waals surface area (Å²) in [5.41, 5.74) is 3.68. The molecule has 0 fully saturated rings. The molecule has 0 spiro atoms. The van der Waals surface area contributed by atoms with E-state index < -0.39 is 0 Å². The van der Waals surface area contributed by atoms with Gasteiger partial charge in [-0.15, -0.1) is 0 Å². The van der Waals surface area contributed by atoms with Crippen LogP contribution >= 0.6 is 0 Å². The largest absolute Gasteiger partial charge is 0.253 e. The zero-order chi connectivity index (χ0) is 11.4. The molecular formula is C15H20N. The van der Waals surface area contributed by atoms with Gasteiger partial charge in [0.2, 0.25) is 0 Å². The van der Waals surface area contributed by atoms with Gasteiger partial charge in [0, 0.05) is 11.3 Å². The van der Waals surface area contributed by atoms with Crippen molar-refractivity contribution in [1.29, 1.82) is 0 Å². The van der Waals surface area contributed by atoms with Crippen LogP contribution < -0.4 is 5.32 Å². The molecule has 1 atom stereocenters. The molecule has 1 aliphatic rings. The van der Waals surface area contributed by atoms with Crippen molar-refractivity contribution in [3.05, 3.63) is 35.5 Å². The summed E-state index contributed by atoms with van der Waals surface area (Å²) in [6.07, 6.45) is 7.46. The Balaban J connectivity index is 1.94. The van der Waals surface area contributed by atoms with E-state index in [4.69, 9.17) is 5.32 Å². The summed E-state index contributed by atoms with van der Waals surface area (Å²) in [7, 11) is 0. The van der Waals surface area contributed by atoms with Crippen molar-refractivity contribution in [2.75, 3.05) is 0 Å². The molecule has 0 aliphatic carbocycles. The van der Waals surface area contributed by atoms with Crippen LogP contribution in [0.3, 0.4) is 0 Å². The van der Waals surface area contributed by atoms with Crippen LogP contribution in [0.5, 0.6) is 0 Å². The monoisotopic (exact) mass is 214 g/mol. The van der Waals surface area contributed by atoms with Crippen molar-refractivity contribution < 1.29 is 0 Å². The van der Waals surface area contributed by atoms with Gasteiger partial charge in [0.05, 0.1) is 5.69 Å². The molecule has 0 N–H and O–H groups in total. The normalized spacial score (nSPS) is 15.2. The highest BCUT2D eigenvalue weighted by Crippen LogP contribution is 2.31. The van der Waals surface area contributed by atoms with Gasteiger partial charge < -0.3 is 0 Å². The predicted octanol–water partition coefficient (Wildman–Crippen LogP) is 4.49. The molecule has 1 aliphatic heterocycles. The fourth-order valence-electron chi connectivity index (χ4n) is 2.14. The molecule has 1 nitrogen and oxygen atoms in total. The highest BCUT2D eigenvalue weighted by molar-refractivity contribution is 5.71. The minimum atomic E-state index is 0.596. The maximum Gasteiger partial charge on any atom is 0.0706 e. The molecule has 1 heterocycles. The summed E-state index contributed by atoms with van der Waals surface area (Å²) >= 11 is 0. The third-order valence-electron chi connectivity index (χ3n) is 3.24. The number of unbranched alkanes of at least 4 members (excludes halogenated alkanes) is 2. The van der Waals surface area contributed by atoms with Gasteiger partial charge in [0.15, 0.2) is 0 Å². The quantitative estimate of drug-likeness (QED) is 0.641. The number of nitrogens with zero attached hydrogens (tertiary/aromatic N) is 1. The lowest BCUT2D eigenvalue weighted by Crippen LogP contribution is -2.04. The molecule has 1 unspecified atom stereocenters. The zero-order valence-corrected chi connectivity index (χ0v) is 10.2. The van der Waals surface area contributed by atoms with Crippen molar-refractivity contribution in [3.63, 3.8) is 0 Å². The van der Waals surface area contributed by atoms with Crippen molar-refractivity contribution in [3.8, 4) is 0 Å². The second-order valence-corrected chi connectivity index (χ2v) is 4.64. The van der Waals surface area contributed by atoms with E-state index in [-0.39, 0.29) is 0 Å². The third-order valence-corrected chi connectivity index (χ3v) is 3.24. The number of allylic oxidation sites excluding steroid dienone is 1. The molecular weight excluding hydrogens is 194 g/mol. The average molecular weight is 214 g/mol. The van der Waals surface area contributed by atoms with Crippen LogP contribution in [-0.4, -0.2) is 0 Å². The molecule has 16 heavy (non-hydrogen) atoms. The molecule has 0 amide bonds. The van der Waals surface area contributed by atoms with E-state index in [9.17, 15) is 0 Å². The smallest absolute Gasteiger partial charge is 0.0706 e. The number of fused-ring (bicyclic) bond motifs is 1. The van der Waals surface area contributed by atoms with Crippen molar-refractivity contribution >= 4 is 11.8 Å². The first-order valence-electron chi connectivity index (χ1n) is 6.33. The van der Waals surface area contributed by atoms with Crippen LogP contribution in [0.15, 0.2) is 30.0 Å². The Morgan fingerprint density at radius 2 is 2.00 bits per heavy atom. The lowest BCUT2D eigenvalue weighted by molar-refractivity contribution is 0.542. The number of rotatable bonds is 5. The van der Waals surface area contributed by atoms with Gasteiger partial charge in [-0.2, -0.15) is 0 Å². The van der Waals surface area contributed by atoms with E-state index in [0.29, 0.717) is 5.92 Å². The molecule has 1 heteroatoms. The standard InChI is InChI=1S/C15H20N/c1-3-4-5-8-12(2)15-11-13-9-6-7-10-14(13)16-15/h6-7,9-12H,3-5,8H2,1-2H3. The van der Waals surface area contributed by atoms with E-state index in [1.165, 1.54) is 36.9 Å². The van der Waals surface area contributed by atoms with Crippen LogP contribution in [-0.2, 0) is 0 Å². The fraction of sp³-hybridized carbons (Fsp3) is 0.467. The van der Waals surface area contributed by atoms with Crippen LogP contribution in [0.1, 0.15) is 45.1 Å². The van der Waals surface area contributed by atoms with Gasteiger partial charge in [-0.05, 0) is 24.5 Å². The molecule has 0 saturated carbocycles. The summed E-state index contributed by atoms with van der Waals surface area (Å²) < 4.78 is 0. The summed E-state index contributed by atoms with van der Waals surface area (Å²) in [5.74, 6) is 0.596. The maximum absolute atomic E-state index is 4.69. The minimum absolute atomic E-state index is 0.596. The molecule has 1 aromatic carbocycles. The predicted molar refractivity (Wildman–Crippen MR) is 69.5 cm³/mol. The first-order valence-corrected chi connectivity index (χ1v) is 6.33. The summed E-state index contributed by atoms with van der Waals surface area (Å²) in [6, 6.07) is 8.37. The highest BCUT2D eigenvalue weighted by Gasteiger charge is 2.17. The number of hydrogen-bond acceptors (Lipinski definition) is 0. The van der Waals surface area contributed by atoms with E-state index >= 15 is 0 Å². The average Bonchev–Trinajstić information content (AvgIpc) is 2.73. The Morgan fingerprint density at radius 3 is 2.75 bits per heavy atom. The van der Waals surface area contributed by atoms with Crippen molar-refractivity contribution in [2.45, 2.75) is 39.5 Å². The Hall–Kier alpha value is -1.24. The molecule has 1 aromatic rings. The van der Waals surface area contributed by atoms with Crippen LogP contribution in [0.2, 0.25) is 0 Å². The highest BCUT2D eigenvalue weighted by atomic mass is 14.9. The summed E-state index contributed by atoms with van der Waals surface area (Å²) in [4.78, 5) is 0. The summed E-state index contributed by atoms with van der Waals surface area (Å²) in [6.45, 7) is 4.54. The van der Waals surface area contributed by atoms with Crippen molar-refractivity contribution in [2.24, 2.45) is 5.92 Å². The molecule has 85 valence electrons. The topological polar surface area (TPSA) is 14.1 Å². The third kappa shape index (κ3) is 2.46. The van der Waals surface area contributed by atoms with Gasteiger partial charge in [-0.3, -0.25) is 5.32 Å². The second-order valence-electron chi connectivity index (χ2n) is 4.64. The Morgan fingerprint density at radius 1 is 1.19 bits per heavy atom. The number of benzene rings is 1. The fourth-order valence-corrected chi connectivity index (χ4v) is 2.14.